The number of carbonyl (C=O) groups is 1. The Morgan fingerprint density at radius 1 is 1.22 bits per heavy atom. The summed E-state index contributed by atoms with van der Waals surface area (Å²) in [5.41, 5.74) is -1.67. The van der Waals surface area contributed by atoms with E-state index < -0.39 is 67.0 Å². The van der Waals surface area contributed by atoms with Gasteiger partial charge in [0.15, 0.2) is 6.23 Å². The SMILES string of the molecule is CC(C)OC(=O)[C@@H](C)N[P@@](=O)(OC[C@H]1O[C@@H](n2cc(Cl)c(=O)[nH]c2=O)[C@](C)(Cl)[C@@H]1O)Oc1cccc2ccccc12. The quantitative estimate of drug-likeness (QED) is 0.171. The zero-order valence-corrected chi connectivity index (χ0v) is 25.0. The van der Waals surface area contributed by atoms with Gasteiger partial charge in [-0.25, -0.2) is 9.36 Å². The normalized spacial score (nSPS) is 24.7. The zero-order valence-electron chi connectivity index (χ0n) is 22.6. The molecule has 1 fully saturated rings. The van der Waals surface area contributed by atoms with Gasteiger partial charge in [-0.3, -0.25) is 23.7 Å². The third kappa shape index (κ3) is 6.86. The van der Waals surface area contributed by atoms with Crippen molar-refractivity contribution in [2.45, 2.75) is 63.2 Å². The number of hydrogen-bond donors (Lipinski definition) is 3. The molecule has 0 amide bonds. The molecule has 0 saturated carbocycles. The number of aromatic nitrogens is 2. The summed E-state index contributed by atoms with van der Waals surface area (Å²) < 4.78 is 37.7. The first kappa shape index (κ1) is 31.2. The van der Waals surface area contributed by atoms with Crippen molar-refractivity contribution in [2.75, 3.05) is 6.61 Å². The number of alkyl halides is 1. The Morgan fingerprint density at radius 3 is 2.61 bits per heavy atom. The van der Waals surface area contributed by atoms with Crippen LogP contribution in [0.25, 0.3) is 10.8 Å². The van der Waals surface area contributed by atoms with E-state index in [0.717, 1.165) is 16.2 Å². The van der Waals surface area contributed by atoms with E-state index in [1.54, 1.807) is 38.1 Å². The maximum atomic E-state index is 14.1. The van der Waals surface area contributed by atoms with E-state index in [0.29, 0.717) is 5.39 Å². The minimum absolute atomic E-state index is 0.214. The van der Waals surface area contributed by atoms with Gasteiger partial charge < -0.3 is 19.1 Å². The fourth-order valence-electron chi connectivity index (χ4n) is 4.28. The molecule has 15 heteroatoms. The molecule has 0 aliphatic carbocycles. The molecule has 0 unspecified atom stereocenters. The van der Waals surface area contributed by atoms with Crippen molar-refractivity contribution in [2.24, 2.45) is 0 Å². The lowest BCUT2D eigenvalue weighted by atomic mass is 10.0. The second-order valence-electron chi connectivity index (χ2n) is 9.96. The fraction of sp³-hybridized carbons (Fsp3) is 0.423. The summed E-state index contributed by atoms with van der Waals surface area (Å²) in [6, 6.07) is 11.3. The number of ether oxygens (including phenoxy) is 2. The van der Waals surface area contributed by atoms with Crippen LogP contribution in [0.3, 0.4) is 0 Å². The number of nitrogens with one attached hydrogen (secondary N) is 2. The van der Waals surface area contributed by atoms with E-state index in [1.807, 2.05) is 23.2 Å². The van der Waals surface area contributed by atoms with Crippen LogP contribution < -0.4 is 20.9 Å². The Balaban J connectivity index is 1.61. The largest absolute Gasteiger partial charge is 0.462 e. The van der Waals surface area contributed by atoms with Crippen LogP contribution in [0.5, 0.6) is 5.75 Å². The summed E-state index contributed by atoms with van der Waals surface area (Å²) in [7, 11) is -4.36. The molecule has 2 heterocycles. The molecule has 1 aliphatic heterocycles. The van der Waals surface area contributed by atoms with Crippen molar-refractivity contribution in [1.29, 1.82) is 0 Å². The summed E-state index contributed by atoms with van der Waals surface area (Å²) in [6.07, 6.45) is -3.33. The zero-order chi connectivity index (χ0) is 30.1. The Morgan fingerprint density at radius 2 is 1.90 bits per heavy atom. The number of aliphatic hydroxyl groups excluding tert-OH is 1. The number of carbonyl (C=O) groups excluding carboxylic acids is 1. The molecular formula is C26H30Cl2N3O9P. The van der Waals surface area contributed by atoms with Crippen molar-refractivity contribution < 1.29 is 33.0 Å². The van der Waals surface area contributed by atoms with E-state index in [-0.39, 0.29) is 10.8 Å². The Kier molecular flexibility index (Phi) is 9.35. The minimum Gasteiger partial charge on any atom is -0.462 e. The van der Waals surface area contributed by atoms with Gasteiger partial charge >= 0.3 is 19.4 Å². The van der Waals surface area contributed by atoms with Crippen LogP contribution in [0.15, 0.2) is 58.3 Å². The van der Waals surface area contributed by atoms with Crippen LogP contribution >= 0.6 is 30.9 Å². The highest BCUT2D eigenvalue weighted by Crippen LogP contribution is 2.49. The summed E-state index contributed by atoms with van der Waals surface area (Å²) in [4.78, 5) is 37.1. The number of hydrogen-bond acceptors (Lipinski definition) is 9. The van der Waals surface area contributed by atoms with Crippen molar-refractivity contribution in [3.8, 4) is 5.75 Å². The molecule has 0 spiro atoms. The number of nitrogens with zero attached hydrogens (tertiary/aromatic N) is 1. The van der Waals surface area contributed by atoms with Gasteiger partial charge in [-0.2, -0.15) is 5.09 Å². The Hall–Kier alpha value is -2.70. The maximum Gasteiger partial charge on any atom is 0.459 e. The lowest BCUT2D eigenvalue weighted by Crippen LogP contribution is -2.43. The Bertz CT molecular complexity index is 1590. The second kappa shape index (κ2) is 12.3. The molecular weight excluding hydrogens is 600 g/mol. The molecule has 2 aromatic carbocycles. The van der Waals surface area contributed by atoms with Crippen LogP contribution in [-0.4, -0.2) is 56.5 Å². The van der Waals surface area contributed by atoms with Gasteiger partial charge in [0.25, 0.3) is 5.56 Å². The molecule has 12 nitrogen and oxygen atoms in total. The average Bonchev–Trinajstić information content (AvgIpc) is 3.13. The van der Waals surface area contributed by atoms with Gasteiger partial charge in [0.2, 0.25) is 0 Å². The smallest absolute Gasteiger partial charge is 0.459 e. The molecule has 4 rings (SSSR count). The number of halogens is 2. The third-order valence-electron chi connectivity index (χ3n) is 6.33. The lowest BCUT2D eigenvalue weighted by Gasteiger charge is -2.26. The van der Waals surface area contributed by atoms with Gasteiger partial charge in [-0.1, -0.05) is 48.0 Å². The van der Waals surface area contributed by atoms with Crippen molar-refractivity contribution >= 4 is 47.7 Å². The predicted octanol–water partition coefficient (Wildman–Crippen LogP) is 3.73. The maximum absolute atomic E-state index is 14.1. The minimum atomic E-state index is -4.36. The van der Waals surface area contributed by atoms with E-state index >= 15 is 0 Å². The number of fused-ring (bicyclic) bond motifs is 1. The molecule has 1 saturated heterocycles. The molecule has 6 atom stereocenters. The topological polar surface area (TPSA) is 158 Å². The molecule has 222 valence electrons. The molecule has 3 aromatic rings. The summed E-state index contributed by atoms with van der Waals surface area (Å²) in [5.74, 6) is -0.476. The molecule has 0 bridgehead atoms. The predicted molar refractivity (Wildman–Crippen MR) is 152 cm³/mol. The van der Waals surface area contributed by atoms with Crippen LogP contribution in [0.4, 0.5) is 0 Å². The summed E-state index contributed by atoms with van der Waals surface area (Å²) >= 11 is 12.5. The first-order chi connectivity index (χ1) is 19.2. The van der Waals surface area contributed by atoms with Crippen molar-refractivity contribution in [1.82, 2.24) is 14.6 Å². The molecule has 41 heavy (non-hydrogen) atoms. The third-order valence-corrected chi connectivity index (χ3v) is 8.64. The molecule has 1 aliphatic rings. The van der Waals surface area contributed by atoms with Crippen LogP contribution in [0.2, 0.25) is 5.02 Å². The summed E-state index contributed by atoms with van der Waals surface area (Å²) in [6.45, 7) is 5.67. The van der Waals surface area contributed by atoms with Crippen LogP contribution in [0, 0.1) is 0 Å². The highest BCUT2D eigenvalue weighted by molar-refractivity contribution is 7.52. The van der Waals surface area contributed by atoms with Gasteiger partial charge in [-0.15, -0.1) is 11.6 Å². The molecule has 1 aromatic heterocycles. The highest BCUT2D eigenvalue weighted by Gasteiger charge is 2.54. The van der Waals surface area contributed by atoms with Gasteiger partial charge in [0, 0.05) is 11.6 Å². The average molecular weight is 630 g/mol. The van der Waals surface area contributed by atoms with E-state index in [4.69, 9.17) is 41.7 Å². The number of H-pyrrole nitrogens is 1. The lowest BCUT2D eigenvalue weighted by molar-refractivity contribution is -0.149. The van der Waals surface area contributed by atoms with Crippen LogP contribution in [0.1, 0.15) is 33.9 Å². The second-order valence-corrected chi connectivity index (χ2v) is 12.9. The van der Waals surface area contributed by atoms with Crippen molar-refractivity contribution in [3.05, 3.63) is 74.5 Å². The number of aromatic amines is 1. The highest BCUT2D eigenvalue weighted by atomic mass is 35.5. The number of benzene rings is 2. The first-order valence-corrected chi connectivity index (χ1v) is 15.0. The number of aliphatic hydroxyl groups is 1. The monoisotopic (exact) mass is 629 g/mol. The van der Waals surface area contributed by atoms with Crippen LogP contribution in [-0.2, 0) is 23.4 Å². The van der Waals surface area contributed by atoms with Gasteiger partial charge in [0.05, 0.1) is 12.7 Å². The van der Waals surface area contributed by atoms with E-state index in [1.165, 1.54) is 13.8 Å². The fourth-order valence-corrected chi connectivity index (χ4v) is 6.25. The Labute approximate surface area is 245 Å². The van der Waals surface area contributed by atoms with Crippen molar-refractivity contribution in [3.63, 3.8) is 0 Å². The van der Waals surface area contributed by atoms with Gasteiger partial charge in [-0.05, 0) is 39.1 Å². The van der Waals surface area contributed by atoms with E-state index in [2.05, 4.69) is 5.09 Å². The molecule has 0 radical (unpaired) electrons. The summed E-state index contributed by atoms with van der Waals surface area (Å²) in [5, 5.41) is 14.7. The van der Waals surface area contributed by atoms with E-state index in [9.17, 15) is 24.1 Å². The molecule has 3 N–H and O–H groups in total. The number of esters is 1. The first-order valence-electron chi connectivity index (χ1n) is 12.7. The number of rotatable bonds is 10. The standard InChI is InChI=1S/C26H30Cl2N3O9P/c1-14(2)38-23(34)15(3)30-41(36,40-19-11-7-9-16-8-5-6-10-17(16)19)37-13-20-21(32)26(4,28)24(39-20)31-12-18(27)22(33)29-25(31)35/h5-12,14-15,20-21,24,32H,13H2,1-4H3,(H,30,36)(H,29,33,35)/t15-,20-,21-,24-,26-,41-/m1/s1. The van der Waals surface area contributed by atoms with Gasteiger partial charge in [0.1, 0.15) is 33.9 Å².